The van der Waals surface area contributed by atoms with Gasteiger partial charge in [-0.3, -0.25) is 0 Å². The van der Waals surface area contributed by atoms with Crippen molar-refractivity contribution in [1.82, 2.24) is 14.7 Å². The van der Waals surface area contributed by atoms with E-state index in [1.54, 1.807) is 0 Å². The number of hydrogen-bond acceptors (Lipinski definition) is 5. The van der Waals surface area contributed by atoms with Crippen molar-refractivity contribution in [1.29, 1.82) is 0 Å². The Kier molecular flexibility index (Phi) is 3.91. The molecule has 1 aliphatic heterocycles. The molecule has 5 heteroatoms. The molecule has 0 aromatic carbocycles. The molecule has 0 spiro atoms. The van der Waals surface area contributed by atoms with Gasteiger partial charge in [0.25, 0.3) is 0 Å². The van der Waals surface area contributed by atoms with Gasteiger partial charge in [-0.15, -0.1) is 0 Å². The zero-order valence-electron chi connectivity index (χ0n) is 9.12. The molecule has 1 atom stereocenters. The zero-order chi connectivity index (χ0) is 10.5. The van der Waals surface area contributed by atoms with Gasteiger partial charge in [0, 0.05) is 30.5 Å². The Morgan fingerprint density at radius 1 is 1.60 bits per heavy atom. The first-order chi connectivity index (χ1) is 7.38. The molecule has 0 amide bonds. The molecule has 1 aromatic rings. The fraction of sp³-hybridized carbons (Fsp3) is 0.800. The van der Waals surface area contributed by atoms with Crippen molar-refractivity contribution in [2.24, 2.45) is 0 Å². The van der Waals surface area contributed by atoms with Crippen molar-refractivity contribution in [2.45, 2.75) is 38.6 Å². The maximum Gasteiger partial charge on any atom is 0.202 e. The van der Waals surface area contributed by atoms with Crippen LogP contribution in [0.2, 0.25) is 0 Å². The lowest BCUT2D eigenvalue weighted by Gasteiger charge is -2.23. The number of rotatable bonds is 4. The molecule has 15 heavy (non-hydrogen) atoms. The van der Waals surface area contributed by atoms with Gasteiger partial charge in [0.15, 0.2) is 0 Å². The fourth-order valence-corrected chi connectivity index (χ4v) is 2.48. The molecule has 1 saturated heterocycles. The van der Waals surface area contributed by atoms with Crippen LogP contribution in [0.3, 0.4) is 0 Å². The molecule has 1 aromatic heterocycles. The fourth-order valence-electron chi connectivity index (χ4n) is 1.79. The van der Waals surface area contributed by atoms with Crippen molar-refractivity contribution in [3.63, 3.8) is 0 Å². The Morgan fingerprint density at radius 3 is 3.27 bits per heavy atom. The van der Waals surface area contributed by atoms with Gasteiger partial charge >= 0.3 is 0 Å². The van der Waals surface area contributed by atoms with Crippen LogP contribution in [-0.4, -0.2) is 28.5 Å². The first-order valence-corrected chi connectivity index (χ1v) is 6.45. The lowest BCUT2D eigenvalue weighted by molar-refractivity contribution is 0.479. The largest absolute Gasteiger partial charge is 0.356 e. The molecule has 84 valence electrons. The van der Waals surface area contributed by atoms with Gasteiger partial charge in [0.1, 0.15) is 5.82 Å². The summed E-state index contributed by atoms with van der Waals surface area (Å²) in [6.07, 6.45) is 4.58. The van der Waals surface area contributed by atoms with Crippen LogP contribution in [0.15, 0.2) is 0 Å². The van der Waals surface area contributed by atoms with Crippen LogP contribution in [0.4, 0.5) is 5.13 Å². The predicted molar refractivity (Wildman–Crippen MR) is 63.4 cm³/mol. The highest BCUT2D eigenvalue weighted by Crippen LogP contribution is 2.15. The summed E-state index contributed by atoms with van der Waals surface area (Å²) in [7, 11) is 0. The first kappa shape index (κ1) is 10.8. The monoisotopic (exact) mass is 226 g/mol. The van der Waals surface area contributed by atoms with Crippen LogP contribution < -0.4 is 10.6 Å². The second kappa shape index (κ2) is 5.42. The van der Waals surface area contributed by atoms with E-state index in [1.165, 1.54) is 24.4 Å². The van der Waals surface area contributed by atoms with E-state index in [2.05, 4.69) is 26.9 Å². The molecule has 0 aliphatic carbocycles. The smallest absolute Gasteiger partial charge is 0.202 e. The van der Waals surface area contributed by atoms with Crippen LogP contribution in [-0.2, 0) is 6.42 Å². The van der Waals surface area contributed by atoms with Gasteiger partial charge in [-0.1, -0.05) is 6.92 Å². The van der Waals surface area contributed by atoms with E-state index >= 15 is 0 Å². The summed E-state index contributed by atoms with van der Waals surface area (Å²) < 4.78 is 4.32. The van der Waals surface area contributed by atoms with Crippen LogP contribution in [0.5, 0.6) is 0 Å². The summed E-state index contributed by atoms with van der Waals surface area (Å²) in [5.41, 5.74) is 0. The van der Waals surface area contributed by atoms with Gasteiger partial charge in [-0.2, -0.15) is 4.37 Å². The van der Waals surface area contributed by atoms with Gasteiger partial charge in [-0.25, -0.2) is 4.98 Å². The Morgan fingerprint density at radius 2 is 2.53 bits per heavy atom. The molecule has 0 radical (unpaired) electrons. The predicted octanol–water partition coefficient (Wildman–Crippen LogP) is 1.65. The van der Waals surface area contributed by atoms with Gasteiger partial charge in [0.2, 0.25) is 5.13 Å². The van der Waals surface area contributed by atoms with Gasteiger partial charge in [-0.05, 0) is 25.8 Å². The van der Waals surface area contributed by atoms with E-state index in [1.807, 2.05) is 0 Å². The third-order valence-electron chi connectivity index (χ3n) is 2.57. The Balaban J connectivity index is 1.86. The summed E-state index contributed by atoms with van der Waals surface area (Å²) >= 11 is 1.48. The highest BCUT2D eigenvalue weighted by molar-refractivity contribution is 7.09. The number of aryl methyl sites for hydroxylation is 1. The van der Waals surface area contributed by atoms with Crippen LogP contribution in [0, 0.1) is 0 Å². The summed E-state index contributed by atoms with van der Waals surface area (Å²) in [5.74, 6) is 0.980. The Labute approximate surface area is 94.7 Å². The second-order valence-electron chi connectivity index (χ2n) is 3.95. The number of anilines is 1. The minimum Gasteiger partial charge on any atom is -0.356 e. The number of hydrogen-bond donors (Lipinski definition) is 2. The van der Waals surface area contributed by atoms with Crippen molar-refractivity contribution in [3.05, 3.63) is 5.82 Å². The van der Waals surface area contributed by atoms with Crippen molar-refractivity contribution in [3.8, 4) is 0 Å². The van der Waals surface area contributed by atoms with Gasteiger partial charge in [0.05, 0.1) is 0 Å². The summed E-state index contributed by atoms with van der Waals surface area (Å²) in [4.78, 5) is 4.46. The highest BCUT2D eigenvalue weighted by atomic mass is 32.1. The molecule has 4 nitrogen and oxygen atoms in total. The highest BCUT2D eigenvalue weighted by Gasteiger charge is 2.14. The molecule has 0 saturated carbocycles. The normalized spacial score (nSPS) is 21.5. The minimum atomic E-state index is 0.529. The molecular formula is C10H18N4S. The SMILES string of the molecule is CCCc1nsc(NC2CCCNC2)n1. The summed E-state index contributed by atoms with van der Waals surface area (Å²) in [5, 5.41) is 7.80. The van der Waals surface area contributed by atoms with E-state index in [4.69, 9.17) is 0 Å². The van der Waals surface area contributed by atoms with E-state index in [-0.39, 0.29) is 0 Å². The van der Waals surface area contributed by atoms with E-state index in [0.717, 1.165) is 36.9 Å². The number of aromatic nitrogens is 2. The maximum atomic E-state index is 4.46. The average molecular weight is 226 g/mol. The summed E-state index contributed by atoms with van der Waals surface area (Å²) in [6, 6.07) is 0.529. The quantitative estimate of drug-likeness (QED) is 0.819. The first-order valence-electron chi connectivity index (χ1n) is 5.68. The number of nitrogens with zero attached hydrogens (tertiary/aromatic N) is 2. The Hall–Kier alpha value is -0.680. The molecule has 1 unspecified atom stereocenters. The lowest BCUT2D eigenvalue weighted by atomic mass is 10.1. The molecule has 2 rings (SSSR count). The topological polar surface area (TPSA) is 49.8 Å². The third-order valence-corrected chi connectivity index (χ3v) is 3.25. The van der Waals surface area contributed by atoms with E-state index in [0.29, 0.717) is 6.04 Å². The van der Waals surface area contributed by atoms with Crippen molar-refractivity contribution in [2.75, 3.05) is 18.4 Å². The molecule has 2 heterocycles. The zero-order valence-corrected chi connectivity index (χ0v) is 9.94. The second-order valence-corrected chi connectivity index (χ2v) is 4.71. The van der Waals surface area contributed by atoms with Crippen LogP contribution in [0.25, 0.3) is 0 Å². The number of piperidine rings is 1. The third kappa shape index (κ3) is 3.14. The number of nitrogens with one attached hydrogen (secondary N) is 2. The minimum absolute atomic E-state index is 0.529. The van der Waals surface area contributed by atoms with Crippen LogP contribution >= 0.6 is 11.5 Å². The van der Waals surface area contributed by atoms with Gasteiger partial charge < -0.3 is 10.6 Å². The standard InChI is InChI=1S/C10H18N4S/c1-2-4-9-13-10(15-14-9)12-8-5-3-6-11-7-8/h8,11H,2-7H2,1H3,(H,12,13,14). The molecular weight excluding hydrogens is 208 g/mol. The van der Waals surface area contributed by atoms with E-state index in [9.17, 15) is 0 Å². The van der Waals surface area contributed by atoms with E-state index < -0.39 is 0 Å². The van der Waals surface area contributed by atoms with Crippen molar-refractivity contribution >= 4 is 16.7 Å². The maximum absolute atomic E-state index is 4.46. The Bertz CT molecular complexity index is 293. The molecule has 2 N–H and O–H groups in total. The molecule has 0 bridgehead atoms. The molecule has 1 fully saturated rings. The van der Waals surface area contributed by atoms with Crippen LogP contribution in [0.1, 0.15) is 32.0 Å². The summed E-state index contributed by atoms with van der Waals surface area (Å²) in [6.45, 7) is 4.34. The van der Waals surface area contributed by atoms with Crippen molar-refractivity contribution < 1.29 is 0 Å². The lowest BCUT2D eigenvalue weighted by Crippen LogP contribution is -2.38. The average Bonchev–Trinajstić information content (AvgIpc) is 2.68. The molecule has 1 aliphatic rings.